The number of nitrogens with zero attached hydrogens (tertiary/aromatic N) is 1. The molecule has 0 radical (unpaired) electrons. The average Bonchev–Trinajstić information content (AvgIpc) is 2.99. The van der Waals surface area contributed by atoms with Crippen LogP contribution in [0.1, 0.15) is 36.6 Å². The molecule has 1 aliphatic heterocycles. The van der Waals surface area contributed by atoms with Crippen LogP contribution in [0.5, 0.6) is 5.75 Å². The number of methoxy groups -OCH3 is 1. The monoisotopic (exact) mass is 386 g/mol. The van der Waals surface area contributed by atoms with E-state index in [9.17, 15) is 14.4 Å². The standard InChI is InChI=1S/C23H18N2O4/c1-29-20-10-6-5-9-16(20)14-25-22(27)18-12-11-17(13-19(18)23(25)28)24-21(26)15-7-3-2-4-8-15/h2-13H,14H2,1H3,(H,24,26). The van der Waals surface area contributed by atoms with Gasteiger partial charge in [-0.1, -0.05) is 36.4 Å². The summed E-state index contributed by atoms with van der Waals surface area (Å²) in [4.78, 5) is 39.1. The van der Waals surface area contributed by atoms with E-state index in [0.717, 1.165) is 5.56 Å². The van der Waals surface area contributed by atoms with Crippen molar-refractivity contribution in [3.8, 4) is 5.75 Å². The van der Waals surface area contributed by atoms with Crippen LogP contribution in [0.3, 0.4) is 0 Å². The van der Waals surface area contributed by atoms with Crippen molar-refractivity contribution >= 4 is 23.4 Å². The Morgan fingerprint density at radius 2 is 1.59 bits per heavy atom. The molecule has 0 aromatic heterocycles. The van der Waals surface area contributed by atoms with E-state index in [1.165, 1.54) is 4.90 Å². The molecule has 0 bridgehead atoms. The van der Waals surface area contributed by atoms with E-state index in [4.69, 9.17) is 4.74 Å². The number of hydrogen-bond acceptors (Lipinski definition) is 4. The van der Waals surface area contributed by atoms with Gasteiger partial charge in [-0.3, -0.25) is 19.3 Å². The van der Waals surface area contributed by atoms with Crippen molar-refractivity contribution in [1.29, 1.82) is 0 Å². The number of ether oxygens (including phenoxy) is 1. The second-order valence-electron chi connectivity index (χ2n) is 6.59. The molecular weight excluding hydrogens is 368 g/mol. The zero-order valence-electron chi connectivity index (χ0n) is 15.7. The summed E-state index contributed by atoms with van der Waals surface area (Å²) in [7, 11) is 1.54. The van der Waals surface area contributed by atoms with Gasteiger partial charge in [-0.25, -0.2) is 0 Å². The number of anilines is 1. The number of nitrogens with one attached hydrogen (secondary N) is 1. The van der Waals surface area contributed by atoms with Crippen molar-refractivity contribution in [2.45, 2.75) is 6.54 Å². The minimum absolute atomic E-state index is 0.113. The molecule has 0 aliphatic carbocycles. The van der Waals surface area contributed by atoms with Crippen LogP contribution in [0.15, 0.2) is 72.8 Å². The maximum absolute atomic E-state index is 12.9. The van der Waals surface area contributed by atoms with E-state index in [-0.39, 0.29) is 23.9 Å². The lowest BCUT2D eigenvalue weighted by atomic mass is 10.1. The zero-order chi connectivity index (χ0) is 20.4. The van der Waals surface area contributed by atoms with E-state index >= 15 is 0 Å². The number of hydrogen-bond donors (Lipinski definition) is 1. The largest absolute Gasteiger partial charge is 0.496 e. The van der Waals surface area contributed by atoms with Crippen molar-refractivity contribution < 1.29 is 19.1 Å². The topological polar surface area (TPSA) is 75.7 Å². The highest BCUT2D eigenvalue weighted by Crippen LogP contribution is 2.29. The number of imide groups is 1. The first-order chi connectivity index (χ1) is 14.1. The molecule has 0 saturated heterocycles. The fourth-order valence-electron chi connectivity index (χ4n) is 3.31. The minimum atomic E-state index is -0.397. The fourth-order valence-corrected chi connectivity index (χ4v) is 3.31. The van der Waals surface area contributed by atoms with Gasteiger partial charge in [0.1, 0.15) is 5.75 Å². The Bertz CT molecular complexity index is 1110. The molecule has 3 aromatic carbocycles. The van der Waals surface area contributed by atoms with Gasteiger partial charge in [-0.15, -0.1) is 0 Å². The van der Waals surface area contributed by atoms with Crippen molar-refractivity contribution in [2.24, 2.45) is 0 Å². The molecule has 0 saturated carbocycles. The highest BCUT2D eigenvalue weighted by atomic mass is 16.5. The van der Waals surface area contributed by atoms with Crippen molar-refractivity contribution in [3.05, 3.63) is 95.1 Å². The summed E-state index contributed by atoms with van der Waals surface area (Å²) in [5.41, 5.74) is 2.30. The molecule has 0 atom stereocenters. The number of para-hydroxylation sites is 1. The fraction of sp³-hybridized carbons (Fsp3) is 0.0870. The predicted octanol–water partition coefficient (Wildman–Crippen LogP) is 3.74. The number of benzene rings is 3. The number of carbonyl (C=O) groups excluding carboxylic acids is 3. The van der Waals surface area contributed by atoms with Gasteiger partial charge in [0, 0.05) is 16.8 Å². The van der Waals surface area contributed by atoms with Gasteiger partial charge in [0.25, 0.3) is 17.7 Å². The molecule has 144 valence electrons. The first-order valence-electron chi connectivity index (χ1n) is 9.07. The van der Waals surface area contributed by atoms with Gasteiger partial charge in [0.15, 0.2) is 0 Å². The van der Waals surface area contributed by atoms with Gasteiger partial charge < -0.3 is 10.1 Å². The van der Waals surface area contributed by atoms with E-state index < -0.39 is 5.91 Å². The third-order valence-corrected chi connectivity index (χ3v) is 4.79. The third-order valence-electron chi connectivity index (χ3n) is 4.79. The molecule has 3 aromatic rings. The Kier molecular flexibility index (Phi) is 4.83. The molecule has 0 spiro atoms. The second-order valence-corrected chi connectivity index (χ2v) is 6.59. The summed E-state index contributed by atoms with van der Waals surface area (Å²) in [6, 6.07) is 20.8. The van der Waals surface area contributed by atoms with Gasteiger partial charge in [-0.2, -0.15) is 0 Å². The van der Waals surface area contributed by atoms with Gasteiger partial charge >= 0.3 is 0 Å². The summed E-state index contributed by atoms with van der Waals surface area (Å²) in [5, 5.41) is 2.77. The van der Waals surface area contributed by atoms with Crippen LogP contribution in [0.4, 0.5) is 5.69 Å². The van der Waals surface area contributed by atoms with E-state index in [2.05, 4.69) is 5.32 Å². The predicted molar refractivity (Wildman–Crippen MR) is 108 cm³/mol. The molecule has 0 fully saturated rings. The van der Waals surface area contributed by atoms with E-state index in [0.29, 0.717) is 22.6 Å². The maximum Gasteiger partial charge on any atom is 0.261 e. The van der Waals surface area contributed by atoms with Crippen molar-refractivity contribution in [3.63, 3.8) is 0 Å². The van der Waals surface area contributed by atoms with Crippen LogP contribution in [0, 0.1) is 0 Å². The van der Waals surface area contributed by atoms with Crippen LogP contribution < -0.4 is 10.1 Å². The zero-order valence-corrected chi connectivity index (χ0v) is 15.7. The summed E-state index contributed by atoms with van der Waals surface area (Å²) in [5.74, 6) is -0.434. The highest BCUT2D eigenvalue weighted by Gasteiger charge is 2.36. The SMILES string of the molecule is COc1ccccc1CN1C(=O)c2ccc(NC(=O)c3ccccc3)cc2C1=O. The molecule has 6 heteroatoms. The Balaban J connectivity index is 1.57. The lowest BCUT2D eigenvalue weighted by molar-refractivity contribution is 0.0641. The van der Waals surface area contributed by atoms with E-state index in [1.807, 2.05) is 24.3 Å². The average molecular weight is 386 g/mol. The summed E-state index contributed by atoms with van der Waals surface area (Å²) in [6.45, 7) is 0.113. The Morgan fingerprint density at radius 1 is 0.897 bits per heavy atom. The third kappa shape index (κ3) is 3.48. The van der Waals surface area contributed by atoms with E-state index in [1.54, 1.807) is 55.6 Å². The molecule has 1 N–H and O–H groups in total. The Hall–Kier alpha value is -3.93. The molecule has 4 rings (SSSR count). The molecule has 29 heavy (non-hydrogen) atoms. The summed E-state index contributed by atoms with van der Waals surface area (Å²) < 4.78 is 5.31. The Morgan fingerprint density at radius 3 is 2.34 bits per heavy atom. The smallest absolute Gasteiger partial charge is 0.261 e. The summed E-state index contributed by atoms with van der Waals surface area (Å²) >= 11 is 0. The number of fused-ring (bicyclic) bond motifs is 1. The molecule has 1 aliphatic rings. The molecule has 6 nitrogen and oxygen atoms in total. The Labute approximate surface area is 167 Å². The number of rotatable bonds is 5. The molecule has 1 heterocycles. The maximum atomic E-state index is 12.9. The molecular formula is C23H18N2O4. The van der Waals surface area contributed by atoms with Crippen molar-refractivity contribution in [1.82, 2.24) is 4.90 Å². The van der Waals surface area contributed by atoms with Crippen molar-refractivity contribution in [2.75, 3.05) is 12.4 Å². The van der Waals surface area contributed by atoms with Crippen LogP contribution in [0.25, 0.3) is 0 Å². The van der Waals surface area contributed by atoms with Gasteiger partial charge in [0.2, 0.25) is 0 Å². The minimum Gasteiger partial charge on any atom is -0.496 e. The second kappa shape index (κ2) is 7.59. The number of amides is 3. The highest BCUT2D eigenvalue weighted by molar-refractivity contribution is 6.22. The summed E-state index contributed by atoms with van der Waals surface area (Å²) in [6.07, 6.45) is 0. The first-order valence-corrected chi connectivity index (χ1v) is 9.07. The number of carbonyl (C=O) groups is 3. The lowest BCUT2D eigenvalue weighted by Gasteiger charge is -2.16. The van der Waals surface area contributed by atoms with Crippen LogP contribution >= 0.6 is 0 Å². The normalized spacial score (nSPS) is 12.7. The van der Waals surface area contributed by atoms with Gasteiger partial charge in [-0.05, 0) is 36.4 Å². The quantitative estimate of drug-likeness (QED) is 0.678. The lowest BCUT2D eigenvalue weighted by Crippen LogP contribution is -2.29. The van der Waals surface area contributed by atoms with Crippen LogP contribution in [-0.4, -0.2) is 29.7 Å². The van der Waals surface area contributed by atoms with Gasteiger partial charge in [0.05, 0.1) is 24.8 Å². The van der Waals surface area contributed by atoms with Crippen LogP contribution in [0.2, 0.25) is 0 Å². The molecule has 0 unspecified atom stereocenters. The molecule has 3 amide bonds. The first kappa shape index (κ1) is 18.4. The van der Waals surface area contributed by atoms with Crippen LogP contribution in [-0.2, 0) is 6.54 Å².